The summed E-state index contributed by atoms with van der Waals surface area (Å²) in [6, 6.07) is 21.3. The highest BCUT2D eigenvalue weighted by Gasteiger charge is 2.33. The lowest BCUT2D eigenvalue weighted by Crippen LogP contribution is -2.22. The van der Waals surface area contributed by atoms with Gasteiger partial charge in [0.1, 0.15) is 0 Å². The molecule has 0 N–H and O–H groups in total. The largest absolute Gasteiger partial charge is 0.366 e. The van der Waals surface area contributed by atoms with Crippen LogP contribution in [0.3, 0.4) is 0 Å². The highest BCUT2D eigenvalue weighted by Crippen LogP contribution is 2.46. The number of nitro groups is 2. The van der Waals surface area contributed by atoms with Crippen LogP contribution in [0.25, 0.3) is 0 Å². The standard InChI is InChI=1S/C24H22N2O5/c1-16-8-10-17(11-9-16)20-14-23(18-4-2-6-21(12-18)25(27)28)31-24(15-20)19-5-3-7-22(13-19)26(29)30/h2-13,20,23-24H,14-15H2,1H3/t20?,23-,24+. The second-order valence-corrected chi connectivity index (χ2v) is 7.90. The number of rotatable bonds is 5. The lowest BCUT2D eigenvalue weighted by Gasteiger charge is -2.36. The van der Waals surface area contributed by atoms with Crippen molar-refractivity contribution >= 4 is 11.4 Å². The van der Waals surface area contributed by atoms with E-state index in [-0.39, 0.29) is 29.5 Å². The van der Waals surface area contributed by atoms with Gasteiger partial charge in [-0.05, 0) is 42.4 Å². The van der Waals surface area contributed by atoms with Gasteiger partial charge in [0.05, 0.1) is 22.1 Å². The van der Waals surface area contributed by atoms with Gasteiger partial charge in [-0.15, -0.1) is 0 Å². The van der Waals surface area contributed by atoms with E-state index in [1.54, 1.807) is 24.3 Å². The lowest BCUT2D eigenvalue weighted by atomic mass is 9.82. The first-order valence-electron chi connectivity index (χ1n) is 10.1. The van der Waals surface area contributed by atoms with Crippen LogP contribution < -0.4 is 0 Å². The van der Waals surface area contributed by atoms with E-state index >= 15 is 0 Å². The summed E-state index contributed by atoms with van der Waals surface area (Å²) < 4.78 is 6.36. The Balaban J connectivity index is 1.71. The minimum Gasteiger partial charge on any atom is -0.366 e. The molecule has 0 amide bonds. The van der Waals surface area contributed by atoms with Gasteiger partial charge in [0.25, 0.3) is 11.4 Å². The molecule has 0 aromatic heterocycles. The molecule has 3 aromatic rings. The molecule has 158 valence electrons. The summed E-state index contributed by atoms with van der Waals surface area (Å²) in [5.41, 5.74) is 3.85. The highest BCUT2D eigenvalue weighted by molar-refractivity contribution is 5.38. The summed E-state index contributed by atoms with van der Waals surface area (Å²) in [5, 5.41) is 22.5. The molecule has 1 unspecified atom stereocenters. The van der Waals surface area contributed by atoms with E-state index in [1.807, 2.05) is 19.1 Å². The Labute approximate surface area is 179 Å². The molecule has 3 atom stereocenters. The van der Waals surface area contributed by atoms with Gasteiger partial charge in [0.2, 0.25) is 0 Å². The zero-order valence-corrected chi connectivity index (χ0v) is 17.0. The van der Waals surface area contributed by atoms with Crippen LogP contribution in [-0.2, 0) is 4.74 Å². The van der Waals surface area contributed by atoms with Crippen LogP contribution in [0.2, 0.25) is 0 Å². The Bertz CT molecular complexity index is 1050. The smallest absolute Gasteiger partial charge is 0.269 e. The number of hydrogen-bond donors (Lipinski definition) is 0. The third-order valence-corrected chi connectivity index (χ3v) is 5.78. The van der Waals surface area contributed by atoms with Crippen molar-refractivity contribution in [3.8, 4) is 0 Å². The number of non-ortho nitro benzene ring substituents is 2. The number of aryl methyl sites for hydroxylation is 1. The van der Waals surface area contributed by atoms with E-state index in [2.05, 4.69) is 24.3 Å². The summed E-state index contributed by atoms with van der Waals surface area (Å²) >= 11 is 0. The Kier molecular flexibility index (Phi) is 5.77. The summed E-state index contributed by atoms with van der Waals surface area (Å²) in [5.74, 6) is 0.155. The van der Waals surface area contributed by atoms with Crippen LogP contribution in [0.4, 0.5) is 11.4 Å². The van der Waals surface area contributed by atoms with Gasteiger partial charge in [-0.2, -0.15) is 0 Å². The molecular weight excluding hydrogens is 396 g/mol. The van der Waals surface area contributed by atoms with E-state index < -0.39 is 9.85 Å². The Morgan fingerprint density at radius 3 is 1.68 bits per heavy atom. The molecule has 0 saturated carbocycles. The maximum Gasteiger partial charge on any atom is 0.269 e. The average molecular weight is 418 g/mol. The van der Waals surface area contributed by atoms with Crippen molar-refractivity contribution in [2.45, 2.75) is 37.9 Å². The molecule has 1 fully saturated rings. The molecule has 3 aromatic carbocycles. The molecule has 0 bridgehead atoms. The normalized spacial score (nSPS) is 20.9. The fourth-order valence-corrected chi connectivity index (χ4v) is 4.14. The highest BCUT2D eigenvalue weighted by atomic mass is 16.6. The first-order valence-corrected chi connectivity index (χ1v) is 10.1. The predicted molar refractivity (Wildman–Crippen MR) is 116 cm³/mol. The molecule has 1 heterocycles. The Hall–Kier alpha value is -3.58. The number of nitrogens with zero attached hydrogens (tertiary/aromatic N) is 2. The SMILES string of the molecule is Cc1ccc(C2C[C@@H](c3cccc([N+](=O)[O-])c3)O[C@@H](c3cccc([N+](=O)[O-])c3)C2)cc1. The minimum atomic E-state index is -0.415. The van der Waals surface area contributed by atoms with Crippen LogP contribution in [0.1, 0.15) is 53.2 Å². The first-order chi connectivity index (χ1) is 14.9. The third kappa shape index (κ3) is 4.62. The van der Waals surface area contributed by atoms with Crippen molar-refractivity contribution in [1.82, 2.24) is 0 Å². The molecule has 0 aliphatic carbocycles. The molecular formula is C24H22N2O5. The van der Waals surface area contributed by atoms with Crippen molar-refractivity contribution in [2.75, 3.05) is 0 Å². The summed E-state index contributed by atoms with van der Waals surface area (Å²) in [6.07, 6.45) is 0.638. The third-order valence-electron chi connectivity index (χ3n) is 5.78. The second-order valence-electron chi connectivity index (χ2n) is 7.90. The van der Waals surface area contributed by atoms with Crippen LogP contribution in [-0.4, -0.2) is 9.85 Å². The van der Waals surface area contributed by atoms with Gasteiger partial charge in [-0.3, -0.25) is 20.2 Å². The zero-order valence-electron chi connectivity index (χ0n) is 17.0. The average Bonchev–Trinajstić information content (AvgIpc) is 2.79. The number of benzene rings is 3. The number of nitro benzene ring substituents is 2. The van der Waals surface area contributed by atoms with Crippen LogP contribution >= 0.6 is 0 Å². The molecule has 1 saturated heterocycles. The van der Waals surface area contributed by atoms with E-state index in [4.69, 9.17) is 4.74 Å². The van der Waals surface area contributed by atoms with Crippen LogP contribution in [0, 0.1) is 27.2 Å². The molecule has 0 radical (unpaired) electrons. The van der Waals surface area contributed by atoms with Gasteiger partial charge >= 0.3 is 0 Å². The van der Waals surface area contributed by atoms with Crippen LogP contribution in [0.15, 0.2) is 72.8 Å². The van der Waals surface area contributed by atoms with E-state index in [9.17, 15) is 20.2 Å². The molecule has 7 nitrogen and oxygen atoms in total. The fraction of sp³-hybridized carbons (Fsp3) is 0.250. The van der Waals surface area contributed by atoms with Gasteiger partial charge in [0.15, 0.2) is 0 Å². The second kappa shape index (κ2) is 8.65. The van der Waals surface area contributed by atoms with Gasteiger partial charge in [-0.25, -0.2) is 0 Å². The van der Waals surface area contributed by atoms with E-state index in [1.165, 1.54) is 23.3 Å². The Morgan fingerprint density at radius 1 is 0.742 bits per heavy atom. The zero-order chi connectivity index (χ0) is 22.0. The molecule has 1 aliphatic rings. The van der Waals surface area contributed by atoms with Gasteiger partial charge in [0, 0.05) is 24.3 Å². The molecule has 0 spiro atoms. The topological polar surface area (TPSA) is 95.5 Å². The van der Waals surface area contributed by atoms with Crippen molar-refractivity contribution in [3.63, 3.8) is 0 Å². The summed E-state index contributed by atoms with van der Waals surface area (Å²) in [4.78, 5) is 21.7. The van der Waals surface area contributed by atoms with Crippen LogP contribution in [0.5, 0.6) is 0 Å². The Morgan fingerprint density at radius 2 is 1.23 bits per heavy atom. The molecule has 31 heavy (non-hydrogen) atoms. The minimum absolute atomic E-state index is 0.0189. The monoisotopic (exact) mass is 418 g/mol. The summed E-state index contributed by atoms with van der Waals surface area (Å²) in [7, 11) is 0. The maximum absolute atomic E-state index is 11.2. The maximum atomic E-state index is 11.2. The molecule has 4 rings (SSSR count). The van der Waals surface area contributed by atoms with E-state index in [0.717, 1.165) is 11.1 Å². The van der Waals surface area contributed by atoms with Crippen molar-refractivity contribution in [3.05, 3.63) is 115 Å². The number of hydrogen-bond acceptors (Lipinski definition) is 5. The first kappa shape index (κ1) is 20.7. The van der Waals surface area contributed by atoms with Gasteiger partial charge < -0.3 is 4.74 Å². The van der Waals surface area contributed by atoms with Crippen molar-refractivity contribution < 1.29 is 14.6 Å². The molecule has 7 heteroatoms. The fourth-order valence-electron chi connectivity index (χ4n) is 4.14. The predicted octanol–water partition coefficient (Wildman–Crippen LogP) is 6.19. The van der Waals surface area contributed by atoms with Crippen molar-refractivity contribution in [2.24, 2.45) is 0 Å². The molecule has 1 aliphatic heterocycles. The van der Waals surface area contributed by atoms with Gasteiger partial charge in [-0.1, -0.05) is 54.1 Å². The van der Waals surface area contributed by atoms with Crippen molar-refractivity contribution in [1.29, 1.82) is 0 Å². The quantitative estimate of drug-likeness (QED) is 0.364. The van der Waals surface area contributed by atoms with E-state index in [0.29, 0.717) is 12.8 Å². The summed E-state index contributed by atoms with van der Waals surface area (Å²) in [6.45, 7) is 2.03. The number of ether oxygens (including phenoxy) is 1. The lowest BCUT2D eigenvalue weighted by molar-refractivity contribution is -0.385.